The minimum Gasteiger partial charge on any atom is -0.507 e. The molecule has 6 rings (SSSR count). The lowest BCUT2D eigenvalue weighted by molar-refractivity contribution is 0.476. The smallest absolute Gasteiger partial charge is 0.165 e. The van der Waals surface area contributed by atoms with Crippen molar-refractivity contribution in [1.82, 2.24) is 19.9 Å². The molecule has 2 atom stereocenters. The van der Waals surface area contributed by atoms with Crippen molar-refractivity contribution in [3.05, 3.63) is 69.0 Å². The number of anilines is 2. The number of nitrogen functional groups attached to an aromatic ring is 2. The molecular weight excluding hydrogens is 685 g/mol. The number of benzene rings is 2. The SMILES string of the molecule is CC.N#Cc1c(N)nc(-c2cc(Cl)ccc2O)nc1C1CCCCC(N)C1.N#Cc1c(N)nc(-c2cc(Cl)ccc2O)nc1C1CCCCCC1. The first-order valence-electron chi connectivity index (χ1n) is 17.5. The fourth-order valence-electron chi connectivity index (χ4n) is 6.63. The monoisotopic (exact) mass is 729 g/mol. The van der Waals surface area contributed by atoms with Gasteiger partial charge in [0.15, 0.2) is 11.6 Å². The van der Waals surface area contributed by atoms with Gasteiger partial charge in [-0.2, -0.15) is 10.5 Å². The van der Waals surface area contributed by atoms with Gasteiger partial charge in [-0.15, -0.1) is 0 Å². The minimum atomic E-state index is 0.0111. The zero-order chi connectivity index (χ0) is 37.1. The van der Waals surface area contributed by atoms with Crippen molar-refractivity contribution >= 4 is 34.8 Å². The molecule has 4 aromatic rings. The van der Waals surface area contributed by atoms with Gasteiger partial charge in [-0.3, -0.25) is 0 Å². The van der Waals surface area contributed by atoms with E-state index < -0.39 is 0 Å². The van der Waals surface area contributed by atoms with E-state index in [-0.39, 0.29) is 46.8 Å². The Balaban J connectivity index is 0.000000218. The first-order chi connectivity index (χ1) is 24.6. The molecule has 2 heterocycles. The average molecular weight is 731 g/mol. The lowest BCUT2D eigenvalue weighted by Crippen LogP contribution is -2.22. The van der Waals surface area contributed by atoms with Gasteiger partial charge in [0.25, 0.3) is 0 Å². The van der Waals surface area contributed by atoms with Gasteiger partial charge in [0.2, 0.25) is 0 Å². The number of halogens is 2. The van der Waals surface area contributed by atoms with Crippen molar-refractivity contribution in [1.29, 1.82) is 10.5 Å². The number of aromatic nitrogens is 4. The maximum absolute atomic E-state index is 10.1. The minimum absolute atomic E-state index is 0.0111. The molecule has 0 amide bonds. The number of phenolic OH excluding ortho intramolecular Hbond substituents is 2. The quantitative estimate of drug-likeness (QED) is 0.125. The van der Waals surface area contributed by atoms with E-state index in [1.54, 1.807) is 24.3 Å². The summed E-state index contributed by atoms with van der Waals surface area (Å²) in [6.45, 7) is 4.00. The molecule has 0 saturated heterocycles. The van der Waals surface area contributed by atoms with Crippen LogP contribution in [0.1, 0.15) is 119 Å². The van der Waals surface area contributed by atoms with Crippen LogP contribution in [0.2, 0.25) is 10.0 Å². The first kappa shape index (κ1) is 39.1. The van der Waals surface area contributed by atoms with Crippen LogP contribution in [0.25, 0.3) is 22.8 Å². The maximum Gasteiger partial charge on any atom is 0.165 e. The van der Waals surface area contributed by atoms with E-state index in [1.165, 1.54) is 25.0 Å². The topological polar surface area (TPSA) is 218 Å². The fraction of sp³-hybridized carbons (Fsp3) is 0.421. The predicted octanol–water partition coefficient (Wildman–Crippen LogP) is 8.75. The van der Waals surface area contributed by atoms with E-state index in [2.05, 4.69) is 32.1 Å². The molecule has 2 saturated carbocycles. The number of hydrogen-bond acceptors (Lipinski definition) is 11. The van der Waals surface area contributed by atoms with Crippen LogP contribution in [0.4, 0.5) is 11.6 Å². The van der Waals surface area contributed by atoms with Gasteiger partial charge in [-0.25, -0.2) is 19.9 Å². The highest BCUT2D eigenvalue weighted by Gasteiger charge is 2.27. The van der Waals surface area contributed by atoms with Gasteiger partial charge in [0, 0.05) is 27.9 Å². The molecule has 2 aromatic carbocycles. The van der Waals surface area contributed by atoms with Crippen LogP contribution in [0.5, 0.6) is 11.5 Å². The second-order valence-electron chi connectivity index (χ2n) is 12.6. The molecule has 2 aromatic heterocycles. The number of aromatic hydroxyl groups is 2. The summed E-state index contributed by atoms with van der Waals surface area (Å²) in [6.07, 6.45) is 11.4. The van der Waals surface area contributed by atoms with Gasteiger partial charge in [0.05, 0.1) is 22.5 Å². The lowest BCUT2D eigenvalue weighted by atomic mass is 9.91. The number of nitrogens with zero attached hydrogens (tertiary/aromatic N) is 6. The molecule has 2 aliphatic rings. The van der Waals surface area contributed by atoms with Crippen molar-refractivity contribution in [3.63, 3.8) is 0 Å². The number of nitrogens with two attached hydrogens (primary N) is 3. The lowest BCUT2D eigenvalue weighted by Gasteiger charge is -2.19. The van der Waals surface area contributed by atoms with Crippen molar-refractivity contribution < 1.29 is 10.2 Å². The molecule has 2 unspecified atom stereocenters. The van der Waals surface area contributed by atoms with E-state index in [0.29, 0.717) is 49.5 Å². The van der Waals surface area contributed by atoms with Gasteiger partial charge in [-0.05, 0) is 68.5 Å². The van der Waals surface area contributed by atoms with E-state index in [9.17, 15) is 20.7 Å². The Hall–Kier alpha value is -4.68. The van der Waals surface area contributed by atoms with Crippen molar-refractivity contribution in [3.8, 4) is 46.4 Å². The van der Waals surface area contributed by atoms with Crippen LogP contribution in [-0.4, -0.2) is 36.2 Å². The Bertz CT molecular complexity index is 1900. The molecule has 2 fully saturated rings. The Morgan fingerprint density at radius 3 is 1.53 bits per heavy atom. The van der Waals surface area contributed by atoms with Crippen molar-refractivity contribution in [2.24, 2.45) is 5.73 Å². The summed E-state index contributed by atoms with van der Waals surface area (Å²) in [5, 5.41) is 40.2. The highest BCUT2D eigenvalue weighted by Crippen LogP contribution is 2.38. The third-order valence-corrected chi connectivity index (χ3v) is 9.62. The normalized spacial score (nSPS) is 17.6. The summed E-state index contributed by atoms with van der Waals surface area (Å²) in [6, 6.07) is 13.7. The second kappa shape index (κ2) is 18.5. The number of rotatable bonds is 4. The van der Waals surface area contributed by atoms with E-state index >= 15 is 0 Å². The largest absolute Gasteiger partial charge is 0.507 e. The summed E-state index contributed by atoms with van der Waals surface area (Å²) in [7, 11) is 0. The molecule has 0 aliphatic heterocycles. The number of hydrogen-bond donors (Lipinski definition) is 5. The summed E-state index contributed by atoms with van der Waals surface area (Å²) < 4.78 is 0. The zero-order valence-electron chi connectivity index (χ0n) is 29.0. The van der Waals surface area contributed by atoms with Crippen LogP contribution in [-0.2, 0) is 0 Å². The molecule has 11 nitrogen and oxygen atoms in total. The van der Waals surface area contributed by atoms with Crippen LogP contribution < -0.4 is 17.2 Å². The zero-order valence-corrected chi connectivity index (χ0v) is 30.6. The Morgan fingerprint density at radius 1 is 0.647 bits per heavy atom. The average Bonchev–Trinajstić information content (AvgIpc) is 3.54. The molecule has 268 valence electrons. The molecule has 8 N–H and O–H groups in total. The summed E-state index contributed by atoms with van der Waals surface area (Å²) in [5.74, 6) is 1.15. The standard InChI is InChI=1S/C18H20ClN5O.C18H19ClN4O.C2H6/c19-11-5-6-15(25)13(8-11)18-23-16(14(9-20)17(22)24-18)10-3-1-2-4-12(21)7-10;19-12-7-8-15(24)13(9-12)18-22-16(14(10-20)17(21)23-18)11-5-3-1-2-4-6-11;1-2/h5-6,8,10,12,25H,1-4,7,21H2,(H2,22,23,24);7-9,11,24H,1-6H2,(H2,21,22,23);1-2H3. The third kappa shape index (κ3) is 9.77. The Kier molecular flexibility index (Phi) is 14.2. The highest BCUT2D eigenvalue weighted by molar-refractivity contribution is 6.31. The van der Waals surface area contributed by atoms with Crippen LogP contribution in [0, 0.1) is 22.7 Å². The van der Waals surface area contributed by atoms with Crippen molar-refractivity contribution in [2.45, 2.75) is 102 Å². The Labute approximate surface area is 309 Å². The first-order valence-corrected chi connectivity index (χ1v) is 18.2. The molecule has 51 heavy (non-hydrogen) atoms. The summed E-state index contributed by atoms with van der Waals surface area (Å²) >= 11 is 12.1. The van der Waals surface area contributed by atoms with Gasteiger partial charge in [0.1, 0.15) is 46.4 Å². The molecule has 0 bridgehead atoms. The molecule has 13 heteroatoms. The van der Waals surface area contributed by atoms with Gasteiger partial charge < -0.3 is 27.4 Å². The molecule has 0 radical (unpaired) electrons. The highest BCUT2D eigenvalue weighted by atomic mass is 35.5. The van der Waals surface area contributed by atoms with Crippen LogP contribution in [0.15, 0.2) is 36.4 Å². The molecule has 2 aliphatic carbocycles. The molecular formula is C38H45Cl2N9O2. The van der Waals surface area contributed by atoms with E-state index in [4.69, 9.17) is 40.4 Å². The summed E-state index contributed by atoms with van der Waals surface area (Å²) in [4.78, 5) is 17.6. The second-order valence-corrected chi connectivity index (χ2v) is 13.5. The van der Waals surface area contributed by atoms with Gasteiger partial charge in [-0.1, -0.05) is 75.6 Å². The van der Waals surface area contributed by atoms with Crippen molar-refractivity contribution in [2.75, 3.05) is 11.5 Å². The van der Waals surface area contributed by atoms with E-state index in [1.807, 2.05) is 13.8 Å². The summed E-state index contributed by atoms with van der Waals surface area (Å²) in [5.41, 5.74) is 21.0. The fourth-order valence-corrected chi connectivity index (χ4v) is 6.97. The third-order valence-electron chi connectivity index (χ3n) is 9.15. The predicted molar refractivity (Wildman–Crippen MR) is 202 cm³/mol. The van der Waals surface area contributed by atoms with Crippen LogP contribution in [0.3, 0.4) is 0 Å². The maximum atomic E-state index is 10.1. The molecule has 0 spiro atoms. The van der Waals surface area contributed by atoms with Crippen LogP contribution >= 0.6 is 23.2 Å². The number of nitriles is 2. The van der Waals surface area contributed by atoms with Gasteiger partial charge >= 0.3 is 0 Å². The Morgan fingerprint density at radius 2 is 1.06 bits per heavy atom. The van der Waals surface area contributed by atoms with E-state index in [0.717, 1.165) is 57.8 Å². The number of phenols is 2.